The molecule has 1 fully saturated rings. The van der Waals surface area contributed by atoms with Crippen molar-refractivity contribution in [3.63, 3.8) is 0 Å². The van der Waals surface area contributed by atoms with E-state index < -0.39 is 0 Å². The Labute approximate surface area is 62.6 Å². The normalized spacial score (nSPS) is 34.2. The summed E-state index contributed by atoms with van der Waals surface area (Å²) in [4.78, 5) is 0. The predicted octanol–water partition coefficient (Wildman–Crippen LogP) is 0.757. The molecule has 2 atom stereocenters. The summed E-state index contributed by atoms with van der Waals surface area (Å²) in [7, 11) is 0. The average molecular weight is 143 g/mol. The maximum atomic E-state index is 8.68. The molecule has 1 aliphatic heterocycles. The molecule has 2 N–H and O–H groups in total. The first-order valence-electron chi connectivity index (χ1n) is 4.17. The Kier molecular flexibility index (Phi) is 3.16. The molecule has 2 heteroatoms. The molecule has 1 saturated heterocycles. The standard InChI is InChI=1S/C8H17NO/c1-7-6-8(3-5-10)2-4-9-7/h7-10H,2-6H2,1H3/t7-,8+/m1/s1. The molecule has 0 unspecified atom stereocenters. The van der Waals surface area contributed by atoms with Gasteiger partial charge >= 0.3 is 0 Å². The molecular weight excluding hydrogens is 126 g/mol. The molecule has 0 radical (unpaired) electrons. The van der Waals surface area contributed by atoms with Crippen LogP contribution in [0.15, 0.2) is 0 Å². The van der Waals surface area contributed by atoms with Gasteiger partial charge in [-0.1, -0.05) is 0 Å². The van der Waals surface area contributed by atoms with Crippen molar-refractivity contribution < 1.29 is 5.11 Å². The molecule has 0 aromatic rings. The van der Waals surface area contributed by atoms with Gasteiger partial charge in [-0.05, 0) is 38.6 Å². The van der Waals surface area contributed by atoms with Gasteiger partial charge in [0.05, 0.1) is 0 Å². The molecule has 0 aromatic heterocycles. The third-order valence-electron chi connectivity index (χ3n) is 2.27. The number of nitrogens with one attached hydrogen (secondary N) is 1. The van der Waals surface area contributed by atoms with E-state index in [1.807, 2.05) is 0 Å². The van der Waals surface area contributed by atoms with E-state index in [0.29, 0.717) is 12.6 Å². The van der Waals surface area contributed by atoms with Crippen molar-refractivity contribution in [1.82, 2.24) is 5.32 Å². The maximum absolute atomic E-state index is 8.68. The van der Waals surface area contributed by atoms with Gasteiger partial charge in [-0.25, -0.2) is 0 Å². The van der Waals surface area contributed by atoms with Crippen molar-refractivity contribution in [3.05, 3.63) is 0 Å². The highest BCUT2D eigenvalue weighted by Crippen LogP contribution is 2.18. The van der Waals surface area contributed by atoms with Crippen molar-refractivity contribution in [2.24, 2.45) is 5.92 Å². The van der Waals surface area contributed by atoms with E-state index in [4.69, 9.17) is 5.11 Å². The SMILES string of the molecule is C[C@@H]1C[C@H](CCO)CCN1. The van der Waals surface area contributed by atoms with Crippen molar-refractivity contribution in [2.45, 2.75) is 32.2 Å². The quantitative estimate of drug-likeness (QED) is 0.598. The number of aliphatic hydroxyl groups excluding tert-OH is 1. The Bertz CT molecular complexity index is 93.3. The number of hydrogen-bond acceptors (Lipinski definition) is 2. The molecule has 60 valence electrons. The first-order valence-corrected chi connectivity index (χ1v) is 4.17. The highest BCUT2D eigenvalue weighted by Gasteiger charge is 2.16. The van der Waals surface area contributed by atoms with Gasteiger partial charge in [0.1, 0.15) is 0 Å². The summed E-state index contributed by atoms with van der Waals surface area (Å²) >= 11 is 0. The maximum Gasteiger partial charge on any atom is 0.0433 e. The minimum atomic E-state index is 0.359. The van der Waals surface area contributed by atoms with Crippen LogP contribution in [0.25, 0.3) is 0 Å². The van der Waals surface area contributed by atoms with Crippen LogP contribution in [0.4, 0.5) is 0 Å². The molecule has 1 heterocycles. The molecule has 0 amide bonds. The summed E-state index contributed by atoms with van der Waals surface area (Å²) in [5.74, 6) is 0.765. The summed E-state index contributed by atoms with van der Waals surface area (Å²) in [5.41, 5.74) is 0. The van der Waals surface area contributed by atoms with Gasteiger partial charge in [-0.3, -0.25) is 0 Å². The molecular formula is C8H17NO. The van der Waals surface area contributed by atoms with E-state index in [-0.39, 0.29) is 0 Å². The highest BCUT2D eigenvalue weighted by molar-refractivity contribution is 4.74. The van der Waals surface area contributed by atoms with Crippen LogP contribution in [0.5, 0.6) is 0 Å². The molecule has 10 heavy (non-hydrogen) atoms. The summed E-state index contributed by atoms with van der Waals surface area (Å²) in [6, 6.07) is 0.658. The molecule has 0 aromatic carbocycles. The predicted molar refractivity (Wildman–Crippen MR) is 41.9 cm³/mol. The lowest BCUT2D eigenvalue weighted by Crippen LogP contribution is -2.35. The van der Waals surface area contributed by atoms with E-state index in [1.165, 1.54) is 12.8 Å². The van der Waals surface area contributed by atoms with E-state index >= 15 is 0 Å². The first-order chi connectivity index (χ1) is 4.83. The van der Waals surface area contributed by atoms with Crippen LogP contribution in [0.1, 0.15) is 26.2 Å². The van der Waals surface area contributed by atoms with Gasteiger partial charge in [0, 0.05) is 12.6 Å². The topological polar surface area (TPSA) is 32.3 Å². The number of piperidine rings is 1. The van der Waals surface area contributed by atoms with E-state index in [9.17, 15) is 0 Å². The number of aliphatic hydroxyl groups is 1. The van der Waals surface area contributed by atoms with Gasteiger partial charge in [-0.15, -0.1) is 0 Å². The first kappa shape index (κ1) is 8.02. The smallest absolute Gasteiger partial charge is 0.0433 e. The summed E-state index contributed by atoms with van der Waals surface area (Å²) in [6.45, 7) is 3.70. The summed E-state index contributed by atoms with van der Waals surface area (Å²) in [6.07, 6.45) is 3.47. The summed E-state index contributed by atoms with van der Waals surface area (Å²) in [5, 5.41) is 12.1. The van der Waals surface area contributed by atoms with Crippen LogP contribution in [-0.4, -0.2) is 24.3 Å². The second-order valence-corrected chi connectivity index (χ2v) is 3.26. The Morgan fingerprint density at radius 1 is 1.60 bits per heavy atom. The van der Waals surface area contributed by atoms with Crippen LogP contribution < -0.4 is 5.32 Å². The highest BCUT2D eigenvalue weighted by atomic mass is 16.3. The lowest BCUT2D eigenvalue weighted by atomic mass is 9.91. The monoisotopic (exact) mass is 143 g/mol. The molecule has 1 rings (SSSR count). The third kappa shape index (κ3) is 2.27. The van der Waals surface area contributed by atoms with Crippen LogP contribution in [0, 0.1) is 5.92 Å². The van der Waals surface area contributed by atoms with Gasteiger partial charge in [0.25, 0.3) is 0 Å². The third-order valence-corrected chi connectivity index (χ3v) is 2.27. The minimum Gasteiger partial charge on any atom is -0.396 e. The van der Waals surface area contributed by atoms with E-state index in [2.05, 4.69) is 12.2 Å². The van der Waals surface area contributed by atoms with Gasteiger partial charge in [0.15, 0.2) is 0 Å². The molecule has 1 aliphatic rings. The van der Waals surface area contributed by atoms with Crippen LogP contribution in [0.2, 0.25) is 0 Å². The van der Waals surface area contributed by atoms with E-state index in [0.717, 1.165) is 18.9 Å². The Balaban J connectivity index is 2.18. The van der Waals surface area contributed by atoms with E-state index in [1.54, 1.807) is 0 Å². The zero-order valence-corrected chi connectivity index (χ0v) is 6.64. The number of hydrogen-bond donors (Lipinski definition) is 2. The molecule has 2 nitrogen and oxygen atoms in total. The molecule has 0 saturated carbocycles. The fourth-order valence-electron chi connectivity index (χ4n) is 1.68. The van der Waals surface area contributed by atoms with Gasteiger partial charge in [-0.2, -0.15) is 0 Å². The van der Waals surface area contributed by atoms with Crippen LogP contribution in [0.3, 0.4) is 0 Å². The lowest BCUT2D eigenvalue weighted by molar-refractivity contribution is 0.220. The lowest BCUT2D eigenvalue weighted by Gasteiger charge is -2.27. The largest absolute Gasteiger partial charge is 0.396 e. The van der Waals surface area contributed by atoms with Crippen molar-refractivity contribution in [2.75, 3.05) is 13.2 Å². The van der Waals surface area contributed by atoms with Crippen LogP contribution >= 0.6 is 0 Å². The Morgan fingerprint density at radius 3 is 3.00 bits per heavy atom. The van der Waals surface area contributed by atoms with Crippen molar-refractivity contribution in [3.8, 4) is 0 Å². The Morgan fingerprint density at radius 2 is 2.40 bits per heavy atom. The van der Waals surface area contributed by atoms with Crippen molar-refractivity contribution >= 4 is 0 Å². The second-order valence-electron chi connectivity index (χ2n) is 3.26. The molecule has 0 bridgehead atoms. The molecule has 0 spiro atoms. The zero-order chi connectivity index (χ0) is 7.40. The van der Waals surface area contributed by atoms with Gasteiger partial charge < -0.3 is 10.4 Å². The fraction of sp³-hybridized carbons (Fsp3) is 1.00. The van der Waals surface area contributed by atoms with Crippen molar-refractivity contribution in [1.29, 1.82) is 0 Å². The molecule has 0 aliphatic carbocycles. The summed E-state index contributed by atoms with van der Waals surface area (Å²) < 4.78 is 0. The average Bonchev–Trinajstić information content (AvgIpc) is 1.88. The second kappa shape index (κ2) is 3.94. The van der Waals surface area contributed by atoms with Gasteiger partial charge in [0.2, 0.25) is 0 Å². The van der Waals surface area contributed by atoms with Crippen LogP contribution in [-0.2, 0) is 0 Å². The fourth-order valence-corrected chi connectivity index (χ4v) is 1.68. The zero-order valence-electron chi connectivity index (χ0n) is 6.64. The minimum absolute atomic E-state index is 0.359. The number of rotatable bonds is 2. The Hall–Kier alpha value is -0.0800.